The van der Waals surface area contributed by atoms with E-state index in [2.05, 4.69) is 25.6 Å². The fourth-order valence-electron chi connectivity index (χ4n) is 4.22. The predicted molar refractivity (Wildman–Crippen MR) is 151 cm³/mol. The van der Waals surface area contributed by atoms with Gasteiger partial charge in [0.1, 0.15) is 11.2 Å². The summed E-state index contributed by atoms with van der Waals surface area (Å²) in [6, 6.07) is 19.4. The van der Waals surface area contributed by atoms with Gasteiger partial charge in [0.05, 0.1) is 16.0 Å². The van der Waals surface area contributed by atoms with E-state index in [0.29, 0.717) is 16.6 Å². The van der Waals surface area contributed by atoms with E-state index in [1.807, 2.05) is 44.2 Å². The molecule has 0 saturated heterocycles. The second kappa shape index (κ2) is 10.3. The maximum Gasteiger partial charge on any atom is 0.276 e. The number of nitrogens with zero attached hydrogens (tertiary/aromatic N) is 2. The van der Waals surface area contributed by atoms with Crippen LogP contribution in [-0.4, -0.2) is 41.4 Å². The van der Waals surface area contributed by atoms with Gasteiger partial charge in [-0.05, 0) is 52.8 Å². The molecule has 198 valence electrons. The van der Waals surface area contributed by atoms with Gasteiger partial charge in [0.2, 0.25) is 5.95 Å². The Morgan fingerprint density at radius 3 is 2.36 bits per heavy atom. The molecule has 9 nitrogen and oxygen atoms in total. The van der Waals surface area contributed by atoms with Crippen LogP contribution in [0.25, 0.3) is 21.8 Å². The molecule has 3 N–H and O–H groups in total. The van der Waals surface area contributed by atoms with Gasteiger partial charge < -0.3 is 10.3 Å². The number of sulfone groups is 1. The number of carbonyl (C=O) groups is 2. The number of fused-ring (bicyclic) bond motifs is 2. The maximum atomic E-state index is 13.3. The highest BCUT2D eigenvalue weighted by atomic mass is 32.2. The van der Waals surface area contributed by atoms with E-state index >= 15 is 0 Å². The number of benzene rings is 3. The summed E-state index contributed by atoms with van der Waals surface area (Å²) in [7, 11) is -3.30. The number of aromatic nitrogens is 3. The summed E-state index contributed by atoms with van der Waals surface area (Å²) in [6.45, 7) is 4.26. The second-order valence-electron chi connectivity index (χ2n) is 9.67. The number of hydrogen-bond donors (Lipinski definition) is 3. The van der Waals surface area contributed by atoms with E-state index in [0.717, 1.165) is 28.2 Å². The van der Waals surface area contributed by atoms with Crippen molar-refractivity contribution in [3.8, 4) is 0 Å². The lowest BCUT2D eigenvalue weighted by Gasteiger charge is -2.10. The van der Waals surface area contributed by atoms with Gasteiger partial charge in [0, 0.05) is 24.4 Å². The van der Waals surface area contributed by atoms with Gasteiger partial charge >= 0.3 is 0 Å². The minimum absolute atomic E-state index is 0.146. The zero-order valence-corrected chi connectivity index (χ0v) is 22.5. The SMILES string of the molecule is CC(C)c1cc(C(=O)NCc2ccc(S(C)(=O)=O)cc2)c2nc(NC(=O)c3cc4ccccc4cn3)[nH]c2c1. The fourth-order valence-corrected chi connectivity index (χ4v) is 4.85. The molecule has 0 aliphatic rings. The highest BCUT2D eigenvalue weighted by Gasteiger charge is 2.19. The molecule has 0 aliphatic carbocycles. The maximum absolute atomic E-state index is 13.3. The molecule has 5 rings (SSSR count). The topological polar surface area (TPSA) is 134 Å². The molecular formula is C29H27N5O4S. The lowest BCUT2D eigenvalue weighted by Crippen LogP contribution is -2.23. The molecule has 0 fully saturated rings. The van der Waals surface area contributed by atoms with Crippen molar-refractivity contribution in [1.29, 1.82) is 0 Å². The smallest absolute Gasteiger partial charge is 0.276 e. The molecule has 2 heterocycles. The van der Waals surface area contributed by atoms with Crippen LogP contribution in [0.4, 0.5) is 5.95 Å². The molecule has 0 aliphatic heterocycles. The van der Waals surface area contributed by atoms with Gasteiger partial charge in [-0.1, -0.05) is 50.2 Å². The summed E-state index contributed by atoms with van der Waals surface area (Å²) in [4.78, 5) is 38.3. The number of amides is 2. The first-order valence-corrected chi connectivity index (χ1v) is 14.2. The Morgan fingerprint density at radius 1 is 0.949 bits per heavy atom. The van der Waals surface area contributed by atoms with E-state index in [9.17, 15) is 18.0 Å². The average Bonchev–Trinajstić information content (AvgIpc) is 3.32. The van der Waals surface area contributed by atoms with Crippen LogP contribution in [0.2, 0.25) is 0 Å². The third-order valence-electron chi connectivity index (χ3n) is 6.42. The van der Waals surface area contributed by atoms with E-state index < -0.39 is 15.7 Å². The number of anilines is 1. The number of aromatic amines is 1. The summed E-state index contributed by atoms with van der Waals surface area (Å²) in [5, 5.41) is 7.47. The van der Waals surface area contributed by atoms with Gasteiger partial charge in [0.25, 0.3) is 11.8 Å². The fraction of sp³-hybridized carbons (Fsp3) is 0.172. The quantitative estimate of drug-likeness (QED) is 0.270. The summed E-state index contributed by atoms with van der Waals surface area (Å²) >= 11 is 0. The highest BCUT2D eigenvalue weighted by molar-refractivity contribution is 7.90. The Bertz CT molecular complexity index is 1830. The molecule has 5 aromatic rings. The normalized spacial score (nSPS) is 11.7. The summed E-state index contributed by atoms with van der Waals surface area (Å²) < 4.78 is 23.4. The van der Waals surface area contributed by atoms with Crippen LogP contribution in [0, 0.1) is 0 Å². The summed E-state index contributed by atoms with van der Waals surface area (Å²) in [6.07, 6.45) is 2.80. The number of rotatable bonds is 7. The van der Waals surface area contributed by atoms with Crippen LogP contribution in [0.15, 0.2) is 77.8 Å². The molecule has 2 amide bonds. The van der Waals surface area contributed by atoms with Crippen molar-refractivity contribution >= 4 is 49.4 Å². The monoisotopic (exact) mass is 541 g/mol. The molecule has 39 heavy (non-hydrogen) atoms. The van der Waals surface area contributed by atoms with Crippen molar-refractivity contribution < 1.29 is 18.0 Å². The zero-order valence-electron chi connectivity index (χ0n) is 21.6. The van der Waals surface area contributed by atoms with Gasteiger partial charge in [-0.15, -0.1) is 0 Å². The van der Waals surface area contributed by atoms with E-state index in [4.69, 9.17) is 0 Å². The van der Waals surface area contributed by atoms with Crippen molar-refractivity contribution in [1.82, 2.24) is 20.3 Å². The third-order valence-corrected chi connectivity index (χ3v) is 7.55. The summed E-state index contributed by atoms with van der Waals surface area (Å²) in [5.41, 5.74) is 3.34. The lowest BCUT2D eigenvalue weighted by molar-refractivity contribution is 0.0951. The van der Waals surface area contributed by atoms with Gasteiger partial charge in [-0.3, -0.25) is 19.9 Å². The second-order valence-corrected chi connectivity index (χ2v) is 11.7. The first-order valence-electron chi connectivity index (χ1n) is 12.4. The van der Waals surface area contributed by atoms with Crippen LogP contribution in [0.5, 0.6) is 0 Å². The number of nitrogens with one attached hydrogen (secondary N) is 3. The average molecular weight is 542 g/mol. The Morgan fingerprint density at radius 2 is 1.67 bits per heavy atom. The molecular weight excluding hydrogens is 514 g/mol. The molecule has 0 bridgehead atoms. The number of carbonyl (C=O) groups excluding carboxylic acids is 2. The molecule has 10 heteroatoms. The molecule has 0 unspecified atom stereocenters. The largest absolute Gasteiger partial charge is 0.348 e. The Hall–Kier alpha value is -4.57. The molecule has 0 saturated carbocycles. The molecule has 3 aromatic carbocycles. The molecule has 0 spiro atoms. The first kappa shape index (κ1) is 26.1. The molecule has 2 aromatic heterocycles. The molecule has 0 radical (unpaired) electrons. The minimum atomic E-state index is -3.30. The van der Waals surface area contributed by atoms with Crippen LogP contribution in [0.3, 0.4) is 0 Å². The van der Waals surface area contributed by atoms with Crippen LogP contribution >= 0.6 is 0 Å². The zero-order chi connectivity index (χ0) is 27.7. The standard InChI is InChI=1S/C29H27N5O4S/c1-17(2)21-12-23(27(35)31-15-18-8-10-22(11-9-18)39(3,37)38)26-24(14-21)32-29(33-26)34-28(36)25-13-19-6-4-5-7-20(19)16-30-25/h4-14,16-17H,15H2,1-3H3,(H,31,35)(H2,32,33,34,36). The van der Waals surface area contributed by atoms with Gasteiger partial charge in [-0.2, -0.15) is 0 Å². The van der Waals surface area contributed by atoms with Crippen molar-refractivity contribution in [2.45, 2.75) is 31.2 Å². The highest BCUT2D eigenvalue weighted by Crippen LogP contribution is 2.26. The van der Waals surface area contributed by atoms with Crippen LogP contribution in [-0.2, 0) is 16.4 Å². The van der Waals surface area contributed by atoms with Crippen molar-refractivity contribution in [2.75, 3.05) is 11.6 Å². The van der Waals surface area contributed by atoms with Gasteiger partial charge in [-0.25, -0.2) is 13.4 Å². The van der Waals surface area contributed by atoms with E-state index in [1.165, 1.54) is 12.1 Å². The predicted octanol–water partition coefficient (Wildman–Crippen LogP) is 4.82. The first-order chi connectivity index (χ1) is 18.6. The number of hydrogen-bond acceptors (Lipinski definition) is 6. The van der Waals surface area contributed by atoms with Crippen molar-refractivity contribution in [2.24, 2.45) is 0 Å². The Balaban J connectivity index is 1.39. The summed E-state index contributed by atoms with van der Waals surface area (Å²) in [5.74, 6) is -0.411. The van der Waals surface area contributed by atoms with Crippen LogP contribution < -0.4 is 10.6 Å². The number of H-pyrrole nitrogens is 1. The van der Waals surface area contributed by atoms with Crippen LogP contribution in [0.1, 0.15) is 51.7 Å². The van der Waals surface area contributed by atoms with E-state index in [1.54, 1.807) is 30.5 Å². The Kier molecular flexibility index (Phi) is 6.88. The third kappa shape index (κ3) is 5.65. The number of imidazole rings is 1. The molecule has 0 atom stereocenters. The van der Waals surface area contributed by atoms with Gasteiger partial charge in [0.15, 0.2) is 9.84 Å². The lowest BCUT2D eigenvalue weighted by atomic mass is 9.99. The minimum Gasteiger partial charge on any atom is -0.348 e. The van der Waals surface area contributed by atoms with E-state index in [-0.39, 0.29) is 34.9 Å². The van der Waals surface area contributed by atoms with Crippen molar-refractivity contribution in [3.05, 3.63) is 95.3 Å². The van der Waals surface area contributed by atoms with Crippen molar-refractivity contribution in [3.63, 3.8) is 0 Å². The Labute approximate surface area is 225 Å². The number of pyridine rings is 1.